The van der Waals surface area contributed by atoms with Crippen molar-refractivity contribution in [3.05, 3.63) is 58.6 Å². The van der Waals surface area contributed by atoms with Gasteiger partial charge in [-0.2, -0.15) is 0 Å². The number of halogens is 3. The van der Waals surface area contributed by atoms with Crippen LogP contribution in [0.3, 0.4) is 0 Å². The summed E-state index contributed by atoms with van der Waals surface area (Å²) in [6.07, 6.45) is -4.23. The number of nitrogens with zero attached hydrogens (tertiary/aromatic N) is 3. The molecule has 2 aliphatic heterocycles. The zero-order chi connectivity index (χ0) is 31.5. The Balaban J connectivity index is 1.26. The van der Waals surface area contributed by atoms with Gasteiger partial charge < -0.3 is 35.2 Å². The number of alkyl carbamates (subject to hydrolysis) is 1. The molecule has 5 amide bonds. The lowest BCUT2D eigenvalue weighted by Crippen LogP contribution is -2.65. The van der Waals surface area contributed by atoms with Crippen LogP contribution in [0.2, 0.25) is 5.02 Å². The Kier molecular flexibility index (Phi) is 9.69. The predicted octanol–water partition coefficient (Wildman–Crippen LogP) is 1.59. The van der Waals surface area contributed by atoms with Gasteiger partial charge in [0.25, 0.3) is 0 Å². The number of rotatable bonds is 10. The van der Waals surface area contributed by atoms with Crippen LogP contribution < -0.4 is 20.4 Å². The molecule has 1 unspecified atom stereocenters. The molecule has 2 aromatic carbocycles. The van der Waals surface area contributed by atoms with E-state index >= 15 is 0 Å². The number of nitrogens with one attached hydrogen (secondary N) is 2. The van der Waals surface area contributed by atoms with Crippen LogP contribution in [-0.4, -0.2) is 89.1 Å². The largest absolute Gasteiger partial charge is 0.442 e. The van der Waals surface area contributed by atoms with Gasteiger partial charge in [0.15, 0.2) is 0 Å². The SMILES string of the molecule is CCCC(C(=O)NC=O)c1c(F)cc(N2CC(NC(=O)OC3CN(C(=O)N(c4ccc(Cl)cc4)C(O)(O)O)C3)C2)cc1F. The summed E-state index contributed by atoms with van der Waals surface area (Å²) in [5.41, 5.74) is -0.254. The molecule has 43 heavy (non-hydrogen) atoms. The van der Waals surface area contributed by atoms with Gasteiger partial charge in [-0.3, -0.25) is 14.9 Å². The third kappa shape index (κ3) is 7.30. The molecule has 0 aliphatic carbocycles. The van der Waals surface area contributed by atoms with E-state index in [0.717, 1.165) is 17.0 Å². The Hall–Kier alpha value is -4.05. The number of likely N-dealkylation sites (tertiary alicyclic amines) is 1. The maximum atomic E-state index is 14.9. The fourth-order valence-electron chi connectivity index (χ4n) is 4.89. The number of anilines is 2. The number of benzene rings is 2. The molecule has 4 rings (SSSR count). The van der Waals surface area contributed by atoms with Crippen LogP contribution in [0.1, 0.15) is 31.2 Å². The van der Waals surface area contributed by atoms with E-state index in [4.69, 9.17) is 16.3 Å². The zero-order valence-corrected chi connectivity index (χ0v) is 23.6. The molecule has 0 radical (unpaired) electrons. The molecule has 232 valence electrons. The number of hydrogen-bond donors (Lipinski definition) is 5. The number of amides is 5. The molecular formula is C27H30ClF2N5O8. The lowest BCUT2D eigenvalue weighted by molar-refractivity contribution is -0.305. The number of hydrogen-bond acceptors (Lipinski definition) is 9. The van der Waals surface area contributed by atoms with E-state index in [-0.39, 0.29) is 50.4 Å². The molecule has 1 atom stereocenters. The van der Waals surface area contributed by atoms with Crippen LogP contribution in [0, 0.1) is 11.6 Å². The molecule has 16 heteroatoms. The van der Waals surface area contributed by atoms with Crippen molar-refractivity contribution >= 4 is 47.4 Å². The van der Waals surface area contributed by atoms with Gasteiger partial charge in [0.05, 0.1) is 30.7 Å². The summed E-state index contributed by atoms with van der Waals surface area (Å²) >= 11 is 5.82. The second-order valence-corrected chi connectivity index (χ2v) is 10.6. The quantitative estimate of drug-likeness (QED) is 0.194. The van der Waals surface area contributed by atoms with E-state index in [1.54, 1.807) is 11.8 Å². The van der Waals surface area contributed by atoms with Gasteiger partial charge in [0.1, 0.15) is 17.7 Å². The van der Waals surface area contributed by atoms with E-state index in [0.29, 0.717) is 16.3 Å². The van der Waals surface area contributed by atoms with Gasteiger partial charge in [0.2, 0.25) is 12.3 Å². The lowest BCUT2D eigenvalue weighted by Gasteiger charge is -2.43. The first-order valence-electron chi connectivity index (χ1n) is 13.3. The molecular weight excluding hydrogens is 596 g/mol. The van der Waals surface area contributed by atoms with Crippen LogP contribution in [0.15, 0.2) is 36.4 Å². The number of carbonyl (C=O) groups excluding carboxylic acids is 4. The number of aliphatic hydroxyl groups is 3. The Morgan fingerprint density at radius 2 is 1.72 bits per heavy atom. The zero-order valence-electron chi connectivity index (χ0n) is 22.9. The standard InChI is InChI=1S/C27H30ClF2N5O8/c1-2-3-20(24(37)31-14-36)23-21(29)8-18(9-22(23)30)33-10-16(11-33)32-25(38)43-19-12-34(13-19)26(39)35(27(40,41)42)17-6-4-15(28)5-7-17/h4-9,14,16,19-20,40-42H,2-3,10-13H2,1H3,(H,32,38)(H,31,36,37). The van der Waals surface area contributed by atoms with Gasteiger partial charge in [-0.15, -0.1) is 0 Å². The molecule has 2 aliphatic rings. The Bertz CT molecular complexity index is 1340. The second-order valence-electron chi connectivity index (χ2n) is 10.2. The highest BCUT2D eigenvalue weighted by Crippen LogP contribution is 2.32. The van der Waals surface area contributed by atoms with Gasteiger partial charge >= 0.3 is 18.2 Å². The third-order valence-electron chi connectivity index (χ3n) is 7.04. The molecule has 0 aromatic heterocycles. The number of carbonyl (C=O) groups is 4. The van der Waals surface area contributed by atoms with Crippen LogP contribution in [-0.2, 0) is 14.3 Å². The molecule has 2 fully saturated rings. The Morgan fingerprint density at radius 3 is 2.26 bits per heavy atom. The van der Waals surface area contributed by atoms with Crippen molar-refractivity contribution in [2.75, 3.05) is 36.0 Å². The second kappa shape index (κ2) is 13.1. The van der Waals surface area contributed by atoms with Crippen LogP contribution in [0.5, 0.6) is 0 Å². The first-order valence-corrected chi connectivity index (χ1v) is 13.7. The molecule has 2 aromatic rings. The Morgan fingerprint density at radius 1 is 1.12 bits per heavy atom. The molecule has 5 N–H and O–H groups in total. The minimum absolute atomic E-state index is 0.0443. The summed E-state index contributed by atoms with van der Waals surface area (Å²) in [7, 11) is 0. The van der Waals surface area contributed by atoms with Crippen molar-refractivity contribution in [2.24, 2.45) is 0 Å². The van der Waals surface area contributed by atoms with Crippen molar-refractivity contribution in [3.63, 3.8) is 0 Å². The van der Waals surface area contributed by atoms with Crippen LogP contribution >= 0.6 is 11.6 Å². The first-order chi connectivity index (χ1) is 20.3. The molecule has 0 bridgehead atoms. The maximum absolute atomic E-state index is 14.9. The van der Waals surface area contributed by atoms with Crippen LogP contribution in [0.25, 0.3) is 0 Å². The van der Waals surface area contributed by atoms with E-state index < -0.39 is 59.4 Å². The van der Waals surface area contributed by atoms with Crippen molar-refractivity contribution in [3.8, 4) is 0 Å². The fourth-order valence-corrected chi connectivity index (χ4v) is 5.01. The maximum Gasteiger partial charge on any atom is 0.407 e. The van der Waals surface area contributed by atoms with Gasteiger partial charge in [0, 0.05) is 29.4 Å². The fraction of sp³-hybridized carbons (Fsp3) is 0.407. The number of imide groups is 1. The van der Waals surface area contributed by atoms with Gasteiger partial charge in [-0.1, -0.05) is 24.9 Å². The van der Waals surface area contributed by atoms with E-state index in [2.05, 4.69) is 5.32 Å². The highest BCUT2D eigenvalue weighted by atomic mass is 35.5. The average Bonchev–Trinajstić information content (AvgIpc) is 2.87. The van der Waals surface area contributed by atoms with E-state index in [9.17, 15) is 43.3 Å². The van der Waals surface area contributed by atoms with Crippen molar-refractivity contribution in [2.45, 2.75) is 43.9 Å². The third-order valence-corrected chi connectivity index (χ3v) is 7.30. The number of urea groups is 1. The Labute approximate surface area is 249 Å². The van der Waals surface area contributed by atoms with Crippen molar-refractivity contribution < 1.29 is 48.0 Å². The number of ether oxygens (including phenoxy) is 1. The normalized spacial score (nSPS) is 16.1. The monoisotopic (exact) mass is 625 g/mol. The van der Waals surface area contributed by atoms with Gasteiger partial charge in [-0.05, 0) is 42.8 Å². The van der Waals surface area contributed by atoms with Crippen LogP contribution in [0.4, 0.5) is 29.7 Å². The van der Waals surface area contributed by atoms with E-state index in [1.165, 1.54) is 24.3 Å². The molecule has 2 heterocycles. The average molecular weight is 626 g/mol. The minimum atomic E-state index is -3.50. The highest BCUT2D eigenvalue weighted by Gasteiger charge is 2.43. The summed E-state index contributed by atoms with van der Waals surface area (Å²) in [6.45, 7) is 2.01. The molecule has 0 spiro atoms. The summed E-state index contributed by atoms with van der Waals surface area (Å²) in [5, 5.41) is 34.0. The summed E-state index contributed by atoms with van der Waals surface area (Å²) in [5.74, 6) is -3.81. The highest BCUT2D eigenvalue weighted by molar-refractivity contribution is 6.30. The summed E-state index contributed by atoms with van der Waals surface area (Å²) < 4.78 is 35.1. The predicted molar refractivity (Wildman–Crippen MR) is 148 cm³/mol. The molecule has 0 saturated carbocycles. The van der Waals surface area contributed by atoms with Crippen molar-refractivity contribution in [1.29, 1.82) is 0 Å². The minimum Gasteiger partial charge on any atom is -0.442 e. The van der Waals surface area contributed by atoms with Crippen molar-refractivity contribution in [1.82, 2.24) is 15.5 Å². The molecule has 13 nitrogen and oxygen atoms in total. The lowest BCUT2D eigenvalue weighted by atomic mass is 9.92. The first kappa shape index (κ1) is 31.9. The van der Waals surface area contributed by atoms with E-state index in [1.807, 2.05) is 5.32 Å². The summed E-state index contributed by atoms with van der Waals surface area (Å²) in [4.78, 5) is 51.0. The van der Waals surface area contributed by atoms with Gasteiger partial charge in [-0.25, -0.2) is 23.3 Å². The molecule has 2 saturated heterocycles. The smallest absolute Gasteiger partial charge is 0.407 e. The summed E-state index contributed by atoms with van der Waals surface area (Å²) in [6, 6.07) is 6.21. The topological polar surface area (TPSA) is 172 Å².